The molecule has 3 N–H and O–H groups in total. The Labute approximate surface area is 129 Å². The van der Waals surface area contributed by atoms with Crippen molar-refractivity contribution >= 4 is 37.8 Å². The molecule has 1 aliphatic carbocycles. The van der Waals surface area contributed by atoms with Gasteiger partial charge in [0.1, 0.15) is 5.60 Å². The first-order valence-electron chi connectivity index (χ1n) is 5.86. The summed E-state index contributed by atoms with van der Waals surface area (Å²) in [4.78, 5) is 11.0. The van der Waals surface area contributed by atoms with E-state index in [0.29, 0.717) is 22.2 Å². The molecule has 0 bridgehead atoms. The third-order valence-corrected chi connectivity index (χ3v) is 4.04. The summed E-state index contributed by atoms with van der Waals surface area (Å²) in [6, 6.07) is 0. The fraction of sp³-hybridized carbons (Fsp3) is 0.583. The molecule has 0 aliphatic heterocycles. The predicted octanol–water partition coefficient (Wildman–Crippen LogP) is 1.93. The van der Waals surface area contributed by atoms with Crippen LogP contribution in [0.15, 0.2) is 21.1 Å². The normalized spacial score (nSPS) is 20.7. The van der Waals surface area contributed by atoms with E-state index < -0.39 is 17.3 Å². The Bertz CT molecular complexity index is 392. The number of hydrogen-bond donors (Lipinski definition) is 2. The Morgan fingerprint density at radius 2 is 1.68 bits per heavy atom. The average Bonchev–Trinajstić information content (AvgIpc) is 2.24. The van der Waals surface area contributed by atoms with Crippen LogP contribution in [0.1, 0.15) is 20.3 Å². The lowest BCUT2D eigenvalue weighted by Gasteiger charge is -2.38. The number of hydrogen-bond acceptors (Lipinski definition) is 4. The third kappa shape index (κ3) is 3.66. The summed E-state index contributed by atoms with van der Waals surface area (Å²) < 4.78 is 12.3. The molecule has 0 saturated carbocycles. The van der Waals surface area contributed by atoms with Gasteiger partial charge in [-0.1, -0.05) is 0 Å². The van der Waals surface area contributed by atoms with Crippen molar-refractivity contribution in [1.82, 2.24) is 0 Å². The first-order valence-corrected chi connectivity index (χ1v) is 7.44. The lowest BCUT2D eigenvalue weighted by atomic mass is 9.91. The van der Waals surface area contributed by atoms with Gasteiger partial charge in [0.25, 0.3) is 0 Å². The molecule has 108 valence electrons. The van der Waals surface area contributed by atoms with Crippen molar-refractivity contribution in [3.63, 3.8) is 0 Å². The summed E-state index contributed by atoms with van der Waals surface area (Å²) in [5, 5.41) is 10.3. The minimum Gasteiger partial charge on any atom is -0.381 e. The molecule has 0 atom stereocenters. The Kier molecular flexibility index (Phi) is 5.76. The molecule has 19 heavy (non-hydrogen) atoms. The standard InChI is InChI=1S/C12H17Br2NO4/c1-3-18-12(19-4-2)8(13)5-11(17,6-9(12)14)7-10(15)16/h5-6,17H,3-4,7H2,1-2H3,(H2,15,16). The second kappa shape index (κ2) is 6.49. The number of carbonyl (C=O) groups excluding carboxylic acids is 1. The van der Waals surface area contributed by atoms with Gasteiger partial charge in [-0.25, -0.2) is 0 Å². The number of carbonyl (C=O) groups is 1. The van der Waals surface area contributed by atoms with E-state index in [2.05, 4.69) is 31.9 Å². The first-order chi connectivity index (χ1) is 8.79. The van der Waals surface area contributed by atoms with Crippen LogP contribution in [-0.4, -0.2) is 35.6 Å². The molecule has 0 unspecified atom stereocenters. The Morgan fingerprint density at radius 3 is 2.00 bits per heavy atom. The van der Waals surface area contributed by atoms with E-state index in [4.69, 9.17) is 15.2 Å². The van der Waals surface area contributed by atoms with Crippen molar-refractivity contribution in [3.05, 3.63) is 21.1 Å². The number of ether oxygens (including phenoxy) is 2. The van der Waals surface area contributed by atoms with Crippen molar-refractivity contribution in [2.75, 3.05) is 13.2 Å². The Morgan fingerprint density at radius 1 is 1.26 bits per heavy atom. The van der Waals surface area contributed by atoms with E-state index in [9.17, 15) is 9.90 Å². The molecule has 0 aromatic rings. The molecule has 1 aliphatic rings. The summed E-state index contributed by atoms with van der Waals surface area (Å²) in [5.41, 5.74) is 3.68. The summed E-state index contributed by atoms with van der Waals surface area (Å²) in [5.74, 6) is -1.72. The van der Waals surface area contributed by atoms with E-state index in [0.717, 1.165) is 0 Å². The van der Waals surface area contributed by atoms with Crippen molar-refractivity contribution in [2.45, 2.75) is 31.7 Å². The van der Waals surface area contributed by atoms with Crippen LogP contribution in [0.4, 0.5) is 0 Å². The first kappa shape index (κ1) is 16.8. The summed E-state index contributed by atoms with van der Waals surface area (Å²) in [7, 11) is 0. The topological polar surface area (TPSA) is 81.8 Å². The zero-order valence-electron chi connectivity index (χ0n) is 10.8. The van der Waals surface area contributed by atoms with Crippen LogP contribution in [0.5, 0.6) is 0 Å². The second-order valence-corrected chi connectivity index (χ2v) is 5.81. The SMILES string of the molecule is CCOC1(OCC)C(Br)=CC(O)(CC(N)=O)C=C1Br. The zero-order valence-corrected chi connectivity index (χ0v) is 14.0. The predicted molar refractivity (Wildman–Crippen MR) is 78.8 cm³/mol. The van der Waals surface area contributed by atoms with Crippen molar-refractivity contribution < 1.29 is 19.4 Å². The molecule has 1 amide bonds. The van der Waals surface area contributed by atoms with E-state index in [1.807, 2.05) is 13.8 Å². The molecule has 7 heteroatoms. The molecule has 1 rings (SSSR count). The van der Waals surface area contributed by atoms with Crippen LogP contribution >= 0.6 is 31.9 Å². The van der Waals surface area contributed by atoms with Crippen LogP contribution in [-0.2, 0) is 14.3 Å². The van der Waals surface area contributed by atoms with Gasteiger partial charge < -0.3 is 20.3 Å². The molecule has 0 aromatic heterocycles. The molecular formula is C12H17Br2NO4. The van der Waals surface area contributed by atoms with E-state index in [1.165, 1.54) is 12.2 Å². The maximum absolute atomic E-state index is 11.0. The van der Waals surface area contributed by atoms with Gasteiger partial charge in [-0.05, 0) is 57.9 Å². The van der Waals surface area contributed by atoms with Gasteiger partial charge >= 0.3 is 0 Å². The zero-order chi connectivity index (χ0) is 14.7. The quantitative estimate of drug-likeness (QED) is 0.670. The molecular weight excluding hydrogens is 382 g/mol. The van der Waals surface area contributed by atoms with E-state index >= 15 is 0 Å². The molecule has 0 heterocycles. The Hall–Kier alpha value is -0.210. The number of halogens is 2. The highest BCUT2D eigenvalue weighted by molar-refractivity contribution is 9.12. The number of rotatable bonds is 6. The second-order valence-electron chi connectivity index (χ2n) is 4.10. The van der Waals surface area contributed by atoms with Crippen LogP contribution < -0.4 is 5.73 Å². The summed E-state index contributed by atoms with van der Waals surface area (Å²) in [6.07, 6.45) is 2.72. The lowest BCUT2D eigenvalue weighted by Crippen LogP contribution is -2.44. The molecule has 0 aromatic carbocycles. The van der Waals surface area contributed by atoms with Crippen molar-refractivity contribution in [1.29, 1.82) is 0 Å². The van der Waals surface area contributed by atoms with Gasteiger partial charge in [-0.15, -0.1) is 0 Å². The number of amides is 1. The van der Waals surface area contributed by atoms with Crippen LogP contribution in [0.2, 0.25) is 0 Å². The molecule has 0 spiro atoms. The van der Waals surface area contributed by atoms with Gasteiger partial charge in [0.15, 0.2) is 0 Å². The minimum absolute atomic E-state index is 0.217. The molecule has 0 fully saturated rings. The van der Waals surface area contributed by atoms with Crippen LogP contribution in [0.3, 0.4) is 0 Å². The maximum atomic E-state index is 11.0. The largest absolute Gasteiger partial charge is 0.381 e. The van der Waals surface area contributed by atoms with Gasteiger partial charge in [-0.3, -0.25) is 4.79 Å². The van der Waals surface area contributed by atoms with Gasteiger partial charge in [0.05, 0.1) is 15.4 Å². The monoisotopic (exact) mass is 397 g/mol. The summed E-state index contributed by atoms with van der Waals surface area (Å²) >= 11 is 6.70. The van der Waals surface area contributed by atoms with E-state index in [1.54, 1.807) is 0 Å². The maximum Gasteiger partial charge on any atom is 0.235 e. The molecule has 0 saturated heterocycles. The Balaban J connectivity index is 3.17. The van der Waals surface area contributed by atoms with E-state index in [-0.39, 0.29) is 6.42 Å². The van der Waals surface area contributed by atoms with Gasteiger partial charge in [0.2, 0.25) is 11.7 Å². The summed E-state index contributed by atoms with van der Waals surface area (Å²) in [6.45, 7) is 4.51. The van der Waals surface area contributed by atoms with Gasteiger partial charge in [0, 0.05) is 13.2 Å². The fourth-order valence-corrected chi connectivity index (χ4v) is 3.83. The van der Waals surface area contributed by atoms with Crippen LogP contribution in [0, 0.1) is 0 Å². The number of primary amides is 1. The molecule has 5 nitrogen and oxygen atoms in total. The smallest absolute Gasteiger partial charge is 0.235 e. The lowest BCUT2D eigenvalue weighted by molar-refractivity contribution is -0.172. The van der Waals surface area contributed by atoms with Crippen molar-refractivity contribution in [2.24, 2.45) is 5.73 Å². The average molecular weight is 399 g/mol. The van der Waals surface area contributed by atoms with Crippen LogP contribution in [0.25, 0.3) is 0 Å². The minimum atomic E-state index is -1.46. The molecule has 0 radical (unpaired) electrons. The fourth-order valence-electron chi connectivity index (χ4n) is 1.89. The van der Waals surface area contributed by atoms with Gasteiger partial charge in [-0.2, -0.15) is 0 Å². The number of aliphatic hydroxyl groups is 1. The number of nitrogens with two attached hydrogens (primary N) is 1. The van der Waals surface area contributed by atoms with Crippen molar-refractivity contribution in [3.8, 4) is 0 Å². The highest BCUT2D eigenvalue weighted by Crippen LogP contribution is 2.44. The highest BCUT2D eigenvalue weighted by atomic mass is 79.9. The third-order valence-electron chi connectivity index (χ3n) is 2.53. The highest BCUT2D eigenvalue weighted by Gasteiger charge is 2.45.